The molecule has 0 amide bonds. The summed E-state index contributed by atoms with van der Waals surface area (Å²) in [6.07, 6.45) is -1.20. The van der Waals surface area contributed by atoms with E-state index in [1.165, 1.54) is 6.92 Å². The first-order valence-corrected chi connectivity index (χ1v) is 7.44. The third-order valence-electron chi connectivity index (χ3n) is 3.46. The van der Waals surface area contributed by atoms with Gasteiger partial charge in [-0.15, -0.1) is 0 Å². The number of aliphatic hydroxyl groups is 1. The molecule has 0 bridgehead atoms. The highest BCUT2D eigenvalue weighted by molar-refractivity contribution is 5.74. The number of ether oxygens (including phenoxy) is 1. The van der Waals surface area contributed by atoms with Crippen LogP contribution in [-0.4, -0.2) is 28.2 Å². The molecule has 0 saturated heterocycles. The van der Waals surface area contributed by atoms with E-state index in [0.29, 0.717) is 16.9 Å². The van der Waals surface area contributed by atoms with Crippen molar-refractivity contribution in [2.75, 3.05) is 0 Å². The fraction of sp³-hybridized carbons (Fsp3) is 0.222. The van der Waals surface area contributed by atoms with Gasteiger partial charge in [0, 0.05) is 19.0 Å². The fourth-order valence-electron chi connectivity index (χ4n) is 2.30. The molecular weight excluding hydrogens is 310 g/mol. The van der Waals surface area contributed by atoms with Gasteiger partial charge in [0.15, 0.2) is 0 Å². The van der Waals surface area contributed by atoms with Crippen molar-refractivity contribution in [3.63, 3.8) is 0 Å². The van der Waals surface area contributed by atoms with Crippen molar-refractivity contribution in [3.05, 3.63) is 65.7 Å². The second-order valence-corrected chi connectivity index (χ2v) is 5.25. The standard InChI is InChI=1S/C18H19NO5/c1-12(20)24-15-10-6-5-9-14(15)11-19-16(18(22)23)17(21)13-7-3-2-4-8-13/h2-10,16-17,19,21H,11H2,1H3,(H,22,23)/t16-,17?/m0/s1. The van der Waals surface area contributed by atoms with Crippen molar-refractivity contribution < 1.29 is 24.5 Å². The number of aliphatic carboxylic acids is 1. The molecule has 2 atom stereocenters. The Morgan fingerprint density at radius 3 is 2.33 bits per heavy atom. The SMILES string of the molecule is CC(=O)Oc1ccccc1CN[C@H](C(=O)O)C(O)c1ccccc1. The Morgan fingerprint density at radius 2 is 1.71 bits per heavy atom. The van der Waals surface area contributed by atoms with Crippen LogP contribution in [0.1, 0.15) is 24.2 Å². The van der Waals surface area contributed by atoms with Crippen molar-refractivity contribution in [1.82, 2.24) is 5.32 Å². The van der Waals surface area contributed by atoms with Gasteiger partial charge in [0.2, 0.25) is 0 Å². The first-order valence-electron chi connectivity index (χ1n) is 7.44. The zero-order valence-corrected chi connectivity index (χ0v) is 13.2. The van der Waals surface area contributed by atoms with Crippen LogP contribution in [0.3, 0.4) is 0 Å². The molecule has 2 aromatic carbocycles. The quantitative estimate of drug-likeness (QED) is 0.530. The molecule has 0 spiro atoms. The number of rotatable bonds is 7. The number of carboxylic acid groups (broad SMARTS) is 1. The summed E-state index contributed by atoms with van der Waals surface area (Å²) in [5.74, 6) is -1.27. The molecule has 2 aromatic rings. The maximum Gasteiger partial charge on any atom is 0.323 e. The lowest BCUT2D eigenvalue weighted by molar-refractivity contribution is -0.142. The van der Waals surface area contributed by atoms with Gasteiger partial charge in [-0.25, -0.2) is 0 Å². The second-order valence-electron chi connectivity index (χ2n) is 5.25. The monoisotopic (exact) mass is 329 g/mol. The van der Waals surface area contributed by atoms with Gasteiger partial charge in [0.1, 0.15) is 17.9 Å². The number of carbonyl (C=O) groups excluding carboxylic acids is 1. The zero-order valence-electron chi connectivity index (χ0n) is 13.2. The summed E-state index contributed by atoms with van der Waals surface area (Å²) < 4.78 is 5.09. The summed E-state index contributed by atoms with van der Waals surface area (Å²) in [6.45, 7) is 1.42. The number of benzene rings is 2. The summed E-state index contributed by atoms with van der Waals surface area (Å²) in [4.78, 5) is 22.6. The summed E-state index contributed by atoms with van der Waals surface area (Å²) in [5.41, 5.74) is 1.13. The van der Waals surface area contributed by atoms with E-state index in [1.54, 1.807) is 54.6 Å². The molecule has 0 aromatic heterocycles. The second kappa shape index (κ2) is 8.24. The number of carboxylic acids is 1. The summed E-state index contributed by atoms with van der Waals surface area (Å²) >= 11 is 0. The minimum Gasteiger partial charge on any atom is -0.480 e. The minimum absolute atomic E-state index is 0.129. The number of para-hydroxylation sites is 1. The highest BCUT2D eigenvalue weighted by Gasteiger charge is 2.27. The third-order valence-corrected chi connectivity index (χ3v) is 3.46. The number of aliphatic hydroxyl groups excluding tert-OH is 1. The van der Waals surface area contributed by atoms with Gasteiger partial charge in [-0.05, 0) is 11.6 Å². The first kappa shape index (κ1) is 17.7. The van der Waals surface area contributed by atoms with Gasteiger partial charge in [0.25, 0.3) is 0 Å². The van der Waals surface area contributed by atoms with Gasteiger partial charge in [-0.3, -0.25) is 14.9 Å². The Hall–Kier alpha value is -2.70. The lowest BCUT2D eigenvalue weighted by Gasteiger charge is -2.21. The Labute approximate surface area is 139 Å². The predicted octanol–water partition coefficient (Wildman–Crippen LogP) is 1.89. The van der Waals surface area contributed by atoms with Gasteiger partial charge in [-0.2, -0.15) is 0 Å². The van der Waals surface area contributed by atoms with E-state index >= 15 is 0 Å². The average molecular weight is 329 g/mol. The van der Waals surface area contributed by atoms with Crippen molar-refractivity contribution in [2.24, 2.45) is 0 Å². The third kappa shape index (κ3) is 4.65. The number of hydrogen-bond donors (Lipinski definition) is 3. The van der Waals surface area contributed by atoms with Crippen LogP contribution in [0.15, 0.2) is 54.6 Å². The molecule has 6 heteroatoms. The summed E-state index contributed by atoms with van der Waals surface area (Å²) in [7, 11) is 0. The number of esters is 1. The highest BCUT2D eigenvalue weighted by Crippen LogP contribution is 2.20. The lowest BCUT2D eigenvalue weighted by atomic mass is 10.0. The van der Waals surface area contributed by atoms with E-state index in [1.807, 2.05) is 0 Å². The summed E-state index contributed by atoms with van der Waals surface area (Å²) in [5, 5.41) is 22.5. The molecule has 126 valence electrons. The van der Waals surface area contributed by atoms with Gasteiger partial charge < -0.3 is 14.9 Å². The number of hydrogen-bond acceptors (Lipinski definition) is 5. The van der Waals surface area contributed by atoms with Crippen molar-refractivity contribution >= 4 is 11.9 Å². The molecule has 6 nitrogen and oxygen atoms in total. The van der Waals surface area contributed by atoms with Crippen LogP contribution in [0.25, 0.3) is 0 Å². The molecule has 0 heterocycles. The minimum atomic E-state index is -1.20. The van der Waals surface area contributed by atoms with E-state index in [0.717, 1.165) is 0 Å². The Balaban J connectivity index is 2.13. The molecule has 2 rings (SSSR count). The summed E-state index contributed by atoms with van der Waals surface area (Å²) in [6, 6.07) is 14.2. The topological polar surface area (TPSA) is 95.9 Å². The van der Waals surface area contributed by atoms with E-state index in [9.17, 15) is 19.8 Å². The van der Waals surface area contributed by atoms with Gasteiger partial charge >= 0.3 is 11.9 Å². The Morgan fingerprint density at radius 1 is 1.08 bits per heavy atom. The number of carbonyl (C=O) groups is 2. The lowest BCUT2D eigenvalue weighted by Crippen LogP contribution is -2.41. The zero-order chi connectivity index (χ0) is 17.5. The fourth-order valence-corrected chi connectivity index (χ4v) is 2.30. The molecular formula is C18H19NO5. The molecule has 0 radical (unpaired) electrons. The molecule has 0 saturated carbocycles. The average Bonchev–Trinajstić information content (AvgIpc) is 2.56. The number of nitrogens with one attached hydrogen (secondary N) is 1. The normalized spacial score (nSPS) is 13.1. The van der Waals surface area contributed by atoms with Crippen LogP contribution < -0.4 is 10.1 Å². The van der Waals surface area contributed by atoms with Crippen LogP contribution in [0.5, 0.6) is 5.75 Å². The molecule has 0 aliphatic heterocycles. The van der Waals surface area contributed by atoms with Crippen molar-refractivity contribution in [2.45, 2.75) is 25.6 Å². The Bertz CT molecular complexity index is 702. The van der Waals surface area contributed by atoms with Crippen LogP contribution in [0.2, 0.25) is 0 Å². The van der Waals surface area contributed by atoms with E-state index in [4.69, 9.17) is 4.74 Å². The molecule has 0 fully saturated rings. The van der Waals surface area contributed by atoms with Crippen LogP contribution >= 0.6 is 0 Å². The highest BCUT2D eigenvalue weighted by atomic mass is 16.5. The molecule has 1 unspecified atom stereocenters. The van der Waals surface area contributed by atoms with Gasteiger partial charge in [0.05, 0.1) is 0 Å². The molecule has 0 aliphatic rings. The first-order chi connectivity index (χ1) is 11.5. The van der Waals surface area contributed by atoms with E-state index in [-0.39, 0.29) is 6.54 Å². The van der Waals surface area contributed by atoms with Crippen LogP contribution in [0, 0.1) is 0 Å². The van der Waals surface area contributed by atoms with E-state index in [2.05, 4.69) is 5.32 Å². The largest absolute Gasteiger partial charge is 0.480 e. The maximum atomic E-state index is 11.5. The van der Waals surface area contributed by atoms with Gasteiger partial charge in [-0.1, -0.05) is 48.5 Å². The maximum absolute atomic E-state index is 11.5. The molecule has 3 N–H and O–H groups in total. The van der Waals surface area contributed by atoms with Crippen molar-refractivity contribution in [3.8, 4) is 5.75 Å². The Kier molecular flexibility index (Phi) is 6.06. The smallest absolute Gasteiger partial charge is 0.323 e. The van der Waals surface area contributed by atoms with Crippen LogP contribution in [0.4, 0.5) is 0 Å². The molecule has 0 aliphatic carbocycles. The van der Waals surface area contributed by atoms with Crippen molar-refractivity contribution in [1.29, 1.82) is 0 Å². The molecule has 24 heavy (non-hydrogen) atoms. The van der Waals surface area contributed by atoms with E-state index < -0.39 is 24.1 Å². The predicted molar refractivity (Wildman–Crippen MR) is 87.4 cm³/mol. The van der Waals surface area contributed by atoms with Crippen LogP contribution in [-0.2, 0) is 16.1 Å².